The van der Waals surface area contributed by atoms with E-state index in [4.69, 9.17) is 21.2 Å². The highest BCUT2D eigenvalue weighted by Crippen LogP contribution is 2.42. The van der Waals surface area contributed by atoms with E-state index in [2.05, 4.69) is 30.8 Å². The van der Waals surface area contributed by atoms with Gasteiger partial charge in [0.2, 0.25) is 0 Å². The number of piperidine rings is 2. The first kappa shape index (κ1) is 26.0. The predicted octanol–water partition coefficient (Wildman–Crippen LogP) is 6.24. The molecule has 0 saturated carbocycles. The van der Waals surface area contributed by atoms with E-state index in [0.717, 1.165) is 44.7 Å². The van der Waals surface area contributed by atoms with Crippen LogP contribution in [0.15, 0.2) is 40.9 Å². The molecule has 2 aromatic heterocycles. The number of hydrogen-bond donors (Lipinski definition) is 0. The topological polar surface area (TPSA) is 67.4 Å². The van der Waals surface area contributed by atoms with Crippen molar-refractivity contribution in [2.75, 3.05) is 32.7 Å². The number of aromatic nitrogens is 3. The molecule has 0 N–H and O–H groups in total. The summed E-state index contributed by atoms with van der Waals surface area (Å²) in [6, 6.07) is 11.4. The molecule has 2 saturated heterocycles. The maximum absolute atomic E-state index is 13.9. The first-order valence-corrected chi connectivity index (χ1v) is 13.8. The minimum absolute atomic E-state index is 0.0831. The smallest absolute Gasteiger partial charge is 0.259 e. The van der Waals surface area contributed by atoms with Crippen molar-refractivity contribution >= 4 is 17.5 Å². The molecular formula is C29H38ClN5O2. The molecule has 1 spiro atoms. The number of carbonyl (C=O) groups is 1. The van der Waals surface area contributed by atoms with Gasteiger partial charge in [-0.05, 0) is 81.6 Å². The average Bonchev–Trinajstić information content (AvgIpc) is 3.46. The lowest BCUT2D eigenvalue weighted by molar-refractivity contribution is 0.0283. The van der Waals surface area contributed by atoms with Crippen LogP contribution in [0.3, 0.4) is 0 Å². The van der Waals surface area contributed by atoms with Gasteiger partial charge in [-0.25, -0.2) is 4.68 Å². The molecule has 0 radical (unpaired) electrons. The van der Waals surface area contributed by atoms with Gasteiger partial charge in [-0.1, -0.05) is 55.7 Å². The predicted molar refractivity (Wildman–Crippen MR) is 146 cm³/mol. The first-order chi connectivity index (χ1) is 17.6. The number of amides is 1. The number of para-hydroxylation sites is 1. The van der Waals surface area contributed by atoms with E-state index in [1.54, 1.807) is 10.7 Å². The lowest BCUT2D eigenvalue weighted by atomic mass is 9.71. The second-order valence-electron chi connectivity index (χ2n) is 12.0. The first-order valence-electron chi connectivity index (χ1n) is 13.4. The SMILES string of the molecule is Cc1cc(-c2nn(-c3ccccc3)c(Cl)c2C(=O)N2CCC3(CCN(CCC(C)(C)C)CC3)CC2)no1. The summed E-state index contributed by atoms with van der Waals surface area (Å²) < 4.78 is 6.92. The van der Waals surface area contributed by atoms with Crippen LogP contribution in [0.5, 0.6) is 0 Å². The van der Waals surface area contributed by atoms with Gasteiger partial charge in [0.25, 0.3) is 5.91 Å². The van der Waals surface area contributed by atoms with E-state index in [-0.39, 0.29) is 5.91 Å². The lowest BCUT2D eigenvalue weighted by Gasteiger charge is -2.47. The van der Waals surface area contributed by atoms with Crippen LogP contribution in [-0.2, 0) is 0 Å². The molecule has 0 unspecified atom stereocenters. The number of hydrogen-bond acceptors (Lipinski definition) is 5. The molecule has 0 aliphatic carbocycles. The standard InChI is InChI=1S/C29H38ClN5O2/c1-21-20-23(32-37-21)25-24(26(30)35(31-25)22-8-6-5-7-9-22)27(36)34-18-13-29(14-19-34)11-16-33(17-12-29)15-10-28(2,3)4/h5-9,20H,10-19H2,1-4H3. The quantitative estimate of drug-likeness (QED) is 0.396. The number of likely N-dealkylation sites (tertiary alicyclic amines) is 2. The molecule has 0 atom stereocenters. The third-order valence-corrected chi connectivity index (χ3v) is 8.47. The van der Waals surface area contributed by atoms with Gasteiger partial charge in [0.05, 0.1) is 5.69 Å². The number of carbonyl (C=O) groups excluding carboxylic acids is 1. The van der Waals surface area contributed by atoms with Gasteiger partial charge in [0.1, 0.15) is 27.9 Å². The molecule has 4 heterocycles. The van der Waals surface area contributed by atoms with Gasteiger partial charge in [-0.15, -0.1) is 0 Å². The third kappa shape index (κ3) is 5.63. The summed E-state index contributed by atoms with van der Waals surface area (Å²) in [7, 11) is 0. The van der Waals surface area contributed by atoms with Gasteiger partial charge in [0.15, 0.2) is 0 Å². The summed E-state index contributed by atoms with van der Waals surface area (Å²) >= 11 is 6.84. The lowest BCUT2D eigenvalue weighted by Crippen LogP contribution is -2.48. The number of rotatable bonds is 5. The van der Waals surface area contributed by atoms with Gasteiger partial charge in [0, 0.05) is 19.2 Å². The van der Waals surface area contributed by atoms with Crippen molar-refractivity contribution in [3.05, 3.63) is 52.9 Å². The molecular weight excluding hydrogens is 486 g/mol. The van der Waals surface area contributed by atoms with Crippen molar-refractivity contribution in [2.24, 2.45) is 10.8 Å². The van der Waals surface area contributed by atoms with E-state index >= 15 is 0 Å². The molecule has 0 bridgehead atoms. The van der Waals surface area contributed by atoms with E-state index in [0.29, 0.717) is 38.7 Å². The summed E-state index contributed by atoms with van der Waals surface area (Å²) in [5, 5.41) is 9.16. The van der Waals surface area contributed by atoms with Gasteiger partial charge < -0.3 is 14.3 Å². The summed E-state index contributed by atoms with van der Waals surface area (Å²) in [5.74, 6) is 0.577. The van der Waals surface area contributed by atoms with Crippen LogP contribution in [-0.4, -0.2) is 63.4 Å². The largest absolute Gasteiger partial charge is 0.361 e. The van der Waals surface area contributed by atoms with E-state index in [9.17, 15) is 4.79 Å². The Morgan fingerprint density at radius 3 is 2.30 bits per heavy atom. The van der Waals surface area contributed by atoms with E-state index in [1.165, 1.54) is 25.8 Å². The second kappa shape index (κ2) is 10.3. The maximum Gasteiger partial charge on any atom is 0.259 e. The van der Waals surface area contributed by atoms with Crippen molar-refractivity contribution in [3.8, 4) is 17.1 Å². The number of aryl methyl sites for hydroxylation is 1. The third-order valence-electron chi connectivity index (χ3n) is 8.12. The van der Waals surface area contributed by atoms with Gasteiger partial charge >= 0.3 is 0 Å². The molecule has 198 valence electrons. The van der Waals surface area contributed by atoms with Crippen molar-refractivity contribution in [1.82, 2.24) is 24.7 Å². The van der Waals surface area contributed by atoms with E-state index in [1.807, 2.05) is 42.2 Å². The van der Waals surface area contributed by atoms with E-state index < -0.39 is 0 Å². The zero-order valence-electron chi connectivity index (χ0n) is 22.5. The van der Waals surface area contributed by atoms with Crippen LogP contribution >= 0.6 is 11.6 Å². The Balaban J connectivity index is 1.31. The molecule has 5 rings (SSSR count). The number of nitrogens with zero attached hydrogens (tertiary/aromatic N) is 5. The maximum atomic E-state index is 13.9. The number of benzene rings is 1. The average molecular weight is 524 g/mol. The molecule has 2 aliphatic rings. The summed E-state index contributed by atoms with van der Waals surface area (Å²) in [4.78, 5) is 18.5. The Bertz CT molecular complexity index is 1220. The molecule has 1 amide bonds. The molecule has 8 heteroatoms. The van der Waals surface area contributed by atoms with Gasteiger partial charge in [-0.3, -0.25) is 4.79 Å². The van der Waals surface area contributed by atoms with Gasteiger partial charge in [-0.2, -0.15) is 5.10 Å². The zero-order valence-corrected chi connectivity index (χ0v) is 23.2. The Kier molecular flexibility index (Phi) is 7.20. The van der Waals surface area contributed by atoms with Crippen molar-refractivity contribution in [2.45, 2.75) is 59.8 Å². The highest BCUT2D eigenvalue weighted by Gasteiger charge is 2.40. The van der Waals surface area contributed by atoms with Crippen LogP contribution in [0, 0.1) is 17.8 Å². The van der Waals surface area contributed by atoms with Crippen LogP contribution < -0.4 is 0 Å². The summed E-state index contributed by atoms with van der Waals surface area (Å²) in [5.41, 5.74) is 2.89. The molecule has 37 heavy (non-hydrogen) atoms. The minimum atomic E-state index is -0.0831. The van der Waals surface area contributed by atoms with Crippen molar-refractivity contribution in [3.63, 3.8) is 0 Å². The zero-order chi connectivity index (χ0) is 26.2. The molecule has 2 aliphatic heterocycles. The minimum Gasteiger partial charge on any atom is -0.361 e. The Morgan fingerprint density at radius 2 is 1.70 bits per heavy atom. The fraction of sp³-hybridized carbons (Fsp3) is 0.552. The fourth-order valence-electron chi connectivity index (χ4n) is 5.57. The van der Waals surface area contributed by atoms with Crippen LogP contribution in [0.1, 0.15) is 69.0 Å². The van der Waals surface area contributed by atoms with Crippen LogP contribution in [0.2, 0.25) is 5.15 Å². The summed E-state index contributed by atoms with van der Waals surface area (Å²) in [6.45, 7) is 13.8. The van der Waals surface area contributed by atoms with Crippen LogP contribution in [0.4, 0.5) is 0 Å². The monoisotopic (exact) mass is 523 g/mol. The van der Waals surface area contributed by atoms with Crippen LogP contribution in [0.25, 0.3) is 17.1 Å². The molecule has 7 nitrogen and oxygen atoms in total. The summed E-state index contributed by atoms with van der Waals surface area (Å²) in [6.07, 6.45) is 5.74. The Labute approximate surface area is 224 Å². The normalized spacial score (nSPS) is 18.5. The fourth-order valence-corrected chi connectivity index (χ4v) is 5.88. The Morgan fingerprint density at radius 1 is 1.05 bits per heavy atom. The molecule has 3 aromatic rings. The second-order valence-corrected chi connectivity index (χ2v) is 12.4. The number of halogens is 1. The highest BCUT2D eigenvalue weighted by atomic mass is 35.5. The van der Waals surface area contributed by atoms with Crippen molar-refractivity contribution in [1.29, 1.82) is 0 Å². The van der Waals surface area contributed by atoms with Crippen molar-refractivity contribution < 1.29 is 9.32 Å². The molecule has 1 aromatic carbocycles. The highest BCUT2D eigenvalue weighted by molar-refractivity contribution is 6.34. The molecule has 2 fully saturated rings. The Hall–Kier alpha value is -2.64.